The van der Waals surface area contributed by atoms with Gasteiger partial charge in [0.2, 0.25) is 16.8 Å². The van der Waals surface area contributed by atoms with Crippen LogP contribution in [0.5, 0.6) is 0 Å². The molecule has 0 spiro atoms. The first kappa shape index (κ1) is 18.0. The summed E-state index contributed by atoms with van der Waals surface area (Å²) in [4.78, 5) is 27.4. The van der Waals surface area contributed by atoms with Crippen LogP contribution < -0.4 is 5.32 Å². The monoisotopic (exact) mass is 427 g/mol. The zero-order valence-electron chi connectivity index (χ0n) is 16.6. The number of aryl methyl sites for hydroxylation is 2. The zero-order valence-corrected chi connectivity index (χ0v) is 17.4. The maximum absolute atomic E-state index is 12.6. The summed E-state index contributed by atoms with van der Waals surface area (Å²) >= 11 is 1.50. The van der Waals surface area contributed by atoms with Crippen molar-refractivity contribution in [1.82, 2.24) is 29.1 Å². The third-order valence-electron chi connectivity index (χ3n) is 5.32. The molecule has 4 aromatic heterocycles. The Morgan fingerprint density at radius 1 is 1.03 bits per heavy atom. The molecule has 31 heavy (non-hydrogen) atoms. The van der Waals surface area contributed by atoms with Gasteiger partial charge in [-0.25, -0.2) is 14.5 Å². The van der Waals surface area contributed by atoms with Gasteiger partial charge in [-0.05, 0) is 25.1 Å². The molecule has 2 aromatic carbocycles. The molecular formula is C22H17N7OS. The second-order valence-electron chi connectivity index (χ2n) is 7.36. The standard InChI is InChI=1S/C22H17N7OS/c1-13-12-31-22-26-21(27-29(13)22)25-18(30)10-11-28-17-9-5-2-6-14(17)19-20(28)24-16-8-4-3-7-15(16)23-19/h2-9,12H,10-11H2,1H3,(H,25,27,30). The Hall–Kier alpha value is -3.85. The van der Waals surface area contributed by atoms with Crippen LogP contribution in [0.2, 0.25) is 0 Å². The fourth-order valence-corrected chi connectivity index (χ4v) is 4.65. The molecule has 1 amide bonds. The normalized spacial score (nSPS) is 11.8. The number of amides is 1. The number of nitrogens with one attached hydrogen (secondary N) is 1. The van der Waals surface area contributed by atoms with Crippen LogP contribution in [0.3, 0.4) is 0 Å². The molecule has 6 aromatic rings. The summed E-state index contributed by atoms with van der Waals surface area (Å²) in [5, 5.41) is 10.2. The van der Waals surface area contributed by atoms with Crippen molar-refractivity contribution < 1.29 is 4.79 Å². The number of nitrogens with zero attached hydrogens (tertiary/aromatic N) is 6. The van der Waals surface area contributed by atoms with E-state index in [2.05, 4.69) is 20.0 Å². The number of aromatic nitrogens is 6. The fourth-order valence-electron chi connectivity index (χ4n) is 3.85. The van der Waals surface area contributed by atoms with Gasteiger partial charge in [0.1, 0.15) is 5.52 Å². The number of carbonyl (C=O) groups is 1. The Balaban J connectivity index is 1.33. The molecule has 4 heterocycles. The van der Waals surface area contributed by atoms with Crippen LogP contribution in [0.15, 0.2) is 53.9 Å². The lowest BCUT2D eigenvalue weighted by Crippen LogP contribution is -2.15. The summed E-state index contributed by atoms with van der Waals surface area (Å²) in [5.41, 5.74) is 5.32. The van der Waals surface area contributed by atoms with Gasteiger partial charge in [0.05, 0.1) is 22.2 Å². The van der Waals surface area contributed by atoms with Crippen molar-refractivity contribution in [2.24, 2.45) is 0 Å². The quantitative estimate of drug-likeness (QED) is 0.456. The van der Waals surface area contributed by atoms with E-state index in [1.54, 1.807) is 4.52 Å². The van der Waals surface area contributed by atoms with Crippen LogP contribution in [0.25, 0.3) is 38.1 Å². The smallest absolute Gasteiger partial charge is 0.250 e. The molecular weight excluding hydrogens is 410 g/mol. The van der Waals surface area contributed by atoms with Gasteiger partial charge in [-0.3, -0.25) is 10.1 Å². The van der Waals surface area contributed by atoms with Crippen molar-refractivity contribution in [2.45, 2.75) is 19.9 Å². The van der Waals surface area contributed by atoms with Crippen molar-refractivity contribution in [1.29, 1.82) is 0 Å². The number of carbonyl (C=O) groups excluding carboxylic acids is 1. The van der Waals surface area contributed by atoms with Crippen LogP contribution >= 0.6 is 11.3 Å². The minimum absolute atomic E-state index is 0.143. The van der Waals surface area contributed by atoms with Gasteiger partial charge in [-0.15, -0.1) is 16.4 Å². The minimum atomic E-state index is -0.143. The summed E-state index contributed by atoms with van der Waals surface area (Å²) in [6.07, 6.45) is 0.272. The van der Waals surface area contributed by atoms with Crippen LogP contribution in [-0.2, 0) is 11.3 Å². The predicted molar refractivity (Wildman–Crippen MR) is 121 cm³/mol. The number of anilines is 1. The molecule has 0 atom stereocenters. The largest absolute Gasteiger partial charge is 0.323 e. The van der Waals surface area contributed by atoms with Crippen molar-refractivity contribution in [3.05, 3.63) is 59.6 Å². The lowest BCUT2D eigenvalue weighted by atomic mass is 10.2. The molecule has 1 N–H and O–H groups in total. The molecule has 0 saturated heterocycles. The molecule has 0 bridgehead atoms. The summed E-state index contributed by atoms with van der Waals surface area (Å²) in [6, 6.07) is 15.9. The highest BCUT2D eigenvalue weighted by molar-refractivity contribution is 7.15. The van der Waals surface area contributed by atoms with Crippen LogP contribution in [0.4, 0.5) is 5.95 Å². The van der Waals surface area contributed by atoms with Gasteiger partial charge in [-0.1, -0.05) is 30.3 Å². The highest BCUT2D eigenvalue weighted by Gasteiger charge is 2.16. The first-order valence-corrected chi connectivity index (χ1v) is 10.8. The van der Waals surface area contributed by atoms with Crippen molar-refractivity contribution in [2.75, 3.05) is 5.32 Å². The average molecular weight is 427 g/mol. The Morgan fingerprint density at radius 3 is 2.65 bits per heavy atom. The van der Waals surface area contributed by atoms with Crippen molar-refractivity contribution >= 4 is 61.3 Å². The van der Waals surface area contributed by atoms with Gasteiger partial charge in [0.25, 0.3) is 0 Å². The third kappa shape index (κ3) is 2.93. The highest BCUT2D eigenvalue weighted by Crippen LogP contribution is 2.28. The maximum atomic E-state index is 12.6. The number of benzene rings is 2. The Labute approximate surface area is 180 Å². The van der Waals surface area contributed by atoms with Crippen molar-refractivity contribution in [3.8, 4) is 0 Å². The fraction of sp³-hybridized carbons (Fsp3) is 0.136. The summed E-state index contributed by atoms with van der Waals surface area (Å²) in [5.74, 6) is 0.184. The first-order chi connectivity index (χ1) is 15.2. The van der Waals surface area contributed by atoms with Crippen LogP contribution in [0.1, 0.15) is 12.1 Å². The highest BCUT2D eigenvalue weighted by atomic mass is 32.1. The first-order valence-electron chi connectivity index (χ1n) is 9.92. The number of fused-ring (bicyclic) bond motifs is 5. The zero-order chi connectivity index (χ0) is 20.9. The SMILES string of the molecule is Cc1csc2nc(NC(=O)CCn3c4ccccc4c4nc5ccccc5nc43)nn12. The summed E-state index contributed by atoms with van der Waals surface area (Å²) in [7, 11) is 0. The van der Waals surface area contributed by atoms with Gasteiger partial charge in [0, 0.05) is 23.7 Å². The topological polar surface area (TPSA) is 90.0 Å². The van der Waals surface area contributed by atoms with E-state index in [1.165, 1.54) is 11.3 Å². The maximum Gasteiger partial charge on any atom is 0.250 e. The van der Waals surface area contributed by atoms with E-state index >= 15 is 0 Å². The number of thiazole rings is 1. The molecule has 0 radical (unpaired) electrons. The molecule has 0 aliphatic heterocycles. The molecule has 0 fully saturated rings. The Bertz CT molecular complexity index is 1610. The average Bonchev–Trinajstić information content (AvgIpc) is 3.43. The van der Waals surface area contributed by atoms with Gasteiger partial charge >= 0.3 is 0 Å². The molecule has 152 valence electrons. The van der Waals surface area contributed by atoms with E-state index in [0.29, 0.717) is 12.5 Å². The second kappa shape index (κ2) is 6.85. The van der Waals surface area contributed by atoms with Gasteiger partial charge in [0.15, 0.2) is 5.65 Å². The molecule has 0 aliphatic carbocycles. The lowest BCUT2D eigenvalue weighted by Gasteiger charge is -2.07. The molecule has 0 aliphatic rings. The van der Waals surface area contributed by atoms with E-state index in [4.69, 9.17) is 9.97 Å². The van der Waals surface area contributed by atoms with Crippen LogP contribution in [0, 0.1) is 6.92 Å². The lowest BCUT2D eigenvalue weighted by molar-refractivity contribution is -0.116. The molecule has 6 rings (SSSR count). The Morgan fingerprint density at radius 2 is 1.81 bits per heavy atom. The van der Waals surface area contributed by atoms with Gasteiger partial charge in [-0.2, -0.15) is 4.98 Å². The molecule has 8 nitrogen and oxygen atoms in total. The van der Waals surface area contributed by atoms with Crippen LogP contribution in [-0.4, -0.2) is 35.0 Å². The van der Waals surface area contributed by atoms with E-state index in [9.17, 15) is 4.79 Å². The second-order valence-corrected chi connectivity index (χ2v) is 8.19. The van der Waals surface area contributed by atoms with E-state index in [0.717, 1.165) is 43.8 Å². The molecule has 9 heteroatoms. The number of para-hydroxylation sites is 3. The number of hydrogen-bond acceptors (Lipinski definition) is 6. The number of hydrogen-bond donors (Lipinski definition) is 1. The molecule has 0 saturated carbocycles. The summed E-state index contributed by atoms with van der Waals surface area (Å²) in [6.45, 7) is 2.43. The van der Waals surface area contributed by atoms with E-state index in [-0.39, 0.29) is 12.3 Å². The van der Waals surface area contributed by atoms with E-state index < -0.39 is 0 Å². The Kier molecular flexibility index (Phi) is 3.97. The minimum Gasteiger partial charge on any atom is -0.323 e. The van der Waals surface area contributed by atoms with Crippen molar-refractivity contribution in [3.63, 3.8) is 0 Å². The van der Waals surface area contributed by atoms with E-state index in [1.807, 2.05) is 60.8 Å². The summed E-state index contributed by atoms with van der Waals surface area (Å²) < 4.78 is 3.79. The molecule has 0 unspecified atom stereocenters. The third-order valence-corrected chi connectivity index (χ3v) is 6.25. The van der Waals surface area contributed by atoms with Gasteiger partial charge < -0.3 is 4.57 Å². The predicted octanol–water partition coefficient (Wildman–Crippen LogP) is 4.18. The number of rotatable bonds is 4.